The fourth-order valence-corrected chi connectivity index (χ4v) is 4.34. The quantitative estimate of drug-likeness (QED) is 0.677. The molecule has 0 atom stereocenters. The third-order valence-corrected chi connectivity index (χ3v) is 6.03. The Morgan fingerprint density at radius 2 is 2.28 bits per heavy atom. The van der Waals surface area contributed by atoms with E-state index in [0.717, 1.165) is 30.9 Å². The summed E-state index contributed by atoms with van der Waals surface area (Å²) in [5.74, 6) is 0. The van der Waals surface area contributed by atoms with Gasteiger partial charge in [0.1, 0.15) is 8.39 Å². The molecule has 0 saturated heterocycles. The van der Waals surface area contributed by atoms with Crippen molar-refractivity contribution in [1.82, 2.24) is 25.2 Å². The number of halogens is 2. The van der Waals surface area contributed by atoms with Gasteiger partial charge in [-0.25, -0.2) is 9.67 Å². The van der Waals surface area contributed by atoms with Gasteiger partial charge in [0.15, 0.2) is 4.34 Å². The maximum Gasteiger partial charge on any atom is 0.216 e. The van der Waals surface area contributed by atoms with Gasteiger partial charge in [-0.05, 0) is 60.5 Å². The maximum absolute atomic E-state index is 5.01. The average Bonchev–Trinajstić information content (AvgIpc) is 2.88. The smallest absolute Gasteiger partial charge is 0.216 e. The number of nitrogens with zero attached hydrogens (tertiary/aromatic N) is 5. The molecule has 0 fully saturated rings. The number of thiazole rings is 1. The summed E-state index contributed by atoms with van der Waals surface area (Å²) < 4.78 is 9.41. The molecule has 98 valence electrons. The number of rotatable bonds is 6. The van der Waals surface area contributed by atoms with Gasteiger partial charge in [0.05, 0.1) is 0 Å². The Kier molecular flexibility index (Phi) is 5.55. The maximum atomic E-state index is 5.01. The van der Waals surface area contributed by atoms with Crippen molar-refractivity contribution in [3.05, 3.63) is 8.39 Å². The highest BCUT2D eigenvalue weighted by atomic mass is 79.9. The zero-order valence-electron chi connectivity index (χ0n) is 9.34. The van der Waals surface area contributed by atoms with Gasteiger partial charge < -0.3 is 4.74 Å². The van der Waals surface area contributed by atoms with Gasteiger partial charge in [0.25, 0.3) is 0 Å². The summed E-state index contributed by atoms with van der Waals surface area (Å²) in [5.41, 5.74) is 0. The normalized spacial score (nSPS) is 11.1. The van der Waals surface area contributed by atoms with E-state index >= 15 is 0 Å². The zero-order valence-corrected chi connectivity index (χ0v) is 14.1. The van der Waals surface area contributed by atoms with Crippen LogP contribution in [0.4, 0.5) is 0 Å². The van der Waals surface area contributed by atoms with Gasteiger partial charge in [-0.1, -0.05) is 11.3 Å². The van der Waals surface area contributed by atoms with Gasteiger partial charge in [-0.15, -0.1) is 5.10 Å². The van der Waals surface area contributed by atoms with Crippen LogP contribution in [0, 0.1) is 0 Å². The molecular weight excluding hydrogens is 406 g/mol. The SMILES string of the molecule is COCCCn1nnnc1Sc1nc(Br)c(Br)s1. The lowest BCUT2D eigenvalue weighted by molar-refractivity contribution is 0.187. The van der Waals surface area contributed by atoms with E-state index < -0.39 is 0 Å². The summed E-state index contributed by atoms with van der Waals surface area (Å²) in [5, 5.41) is 12.4. The zero-order chi connectivity index (χ0) is 13.0. The number of aryl methyl sites for hydroxylation is 1. The first-order chi connectivity index (χ1) is 8.70. The van der Waals surface area contributed by atoms with Crippen LogP contribution in [0.3, 0.4) is 0 Å². The Morgan fingerprint density at radius 1 is 1.44 bits per heavy atom. The highest BCUT2D eigenvalue weighted by Gasteiger charge is 2.12. The first-order valence-electron chi connectivity index (χ1n) is 4.95. The summed E-state index contributed by atoms with van der Waals surface area (Å²) >= 11 is 9.75. The molecule has 0 radical (unpaired) electrons. The molecule has 0 unspecified atom stereocenters. The molecule has 0 bridgehead atoms. The van der Waals surface area contributed by atoms with Crippen molar-refractivity contribution >= 4 is 55.0 Å². The number of hydrogen-bond donors (Lipinski definition) is 0. The van der Waals surface area contributed by atoms with Gasteiger partial charge in [-0.2, -0.15) is 0 Å². The third kappa shape index (κ3) is 3.73. The fourth-order valence-electron chi connectivity index (χ4n) is 1.16. The van der Waals surface area contributed by atoms with Crippen LogP contribution in [0.5, 0.6) is 0 Å². The highest BCUT2D eigenvalue weighted by Crippen LogP contribution is 2.36. The molecule has 2 heterocycles. The lowest BCUT2D eigenvalue weighted by Gasteiger charge is -2.01. The molecule has 0 spiro atoms. The molecule has 2 aromatic heterocycles. The second-order valence-corrected chi connectivity index (χ2v) is 7.46. The summed E-state index contributed by atoms with van der Waals surface area (Å²) in [7, 11) is 1.68. The van der Waals surface area contributed by atoms with Gasteiger partial charge in [0, 0.05) is 20.3 Å². The van der Waals surface area contributed by atoms with Crippen molar-refractivity contribution in [3.63, 3.8) is 0 Å². The lowest BCUT2D eigenvalue weighted by atomic mass is 10.5. The van der Waals surface area contributed by atoms with Crippen molar-refractivity contribution < 1.29 is 4.74 Å². The average molecular weight is 415 g/mol. The van der Waals surface area contributed by atoms with Gasteiger partial charge >= 0.3 is 0 Å². The van der Waals surface area contributed by atoms with E-state index in [-0.39, 0.29) is 0 Å². The molecule has 6 nitrogen and oxygen atoms in total. The van der Waals surface area contributed by atoms with Crippen LogP contribution in [-0.4, -0.2) is 38.9 Å². The Balaban J connectivity index is 2.02. The van der Waals surface area contributed by atoms with E-state index in [0.29, 0.717) is 6.61 Å². The summed E-state index contributed by atoms with van der Waals surface area (Å²) in [6, 6.07) is 0. The van der Waals surface area contributed by atoms with Gasteiger partial charge in [-0.3, -0.25) is 0 Å². The number of methoxy groups -OCH3 is 1. The molecule has 0 aliphatic rings. The molecule has 0 N–H and O–H groups in total. The monoisotopic (exact) mass is 413 g/mol. The molecule has 10 heteroatoms. The molecule has 0 amide bonds. The van der Waals surface area contributed by atoms with E-state index in [4.69, 9.17) is 4.74 Å². The molecule has 0 aliphatic carbocycles. The van der Waals surface area contributed by atoms with Crippen molar-refractivity contribution in [2.45, 2.75) is 22.5 Å². The molecule has 18 heavy (non-hydrogen) atoms. The third-order valence-electron chi connectivity index (χ3n) is 1.92. The predicted molar refractivity (Wildman–Crippen MR) is 75.9 cm³/mol. The molecule has 0 saturated carbocycles. The van der Waals surface area contributed by atoms with E-state index in [2.05, 4.69) is 52.4 Å². The largest absolute Gasteiger partial charge is 0.385 e. The van der Waals surface area contributed by atoms with Crippen molar-refractivity contribution in [2.75, 3.05) is 13.7 Å². The molecule has 2 aromatic rings. The van der Waals surface area contributed by atoms with E-state index in [1.807, 2.05) is 0 Å². The van der Waals surface area contributed by atoms with Crippen LogP contribution in [0.2, 0.25) is 0 Å². The molecule has 0 aromatic carbocycles. The summed E-state index contributed by atoms with van der Waals surface area (Å²) in [6.45, 7) is 1.43. The minimum absolute atomic E-state index is 0.693. The Labute approximate surface area is 129 Å². The molecular formula is C8H9Br2N5OS2. The highest BCUT2D eigenvalue weighted by molar-refractivity contribution is 9.13. The number of ether oxygens (including phenoxy) is 1. The van der Waals surface area contributed by atoms with Crippen LogP contribution >= 0.6 is 55.0 Å². The van der Waals surface area contributed by atoms with Crippen molar-refractivity contribution in [3.8, 4) is 0 Å². The second-order valence-electron chi connectivity index (χ2n) is 3.18. The Morgan fingerprint density at radius 3 is 2.94 bits per heavy atom. The van der Waals surface area contributed by atoms with Crippen LogP contribution in [0.1, 0.15) is 6.42 Å². The van der Waals surface area contributed by atoms with Crippen LogP contribution in [0.15, 0.2) is 17.9 Å². The fraction of sp³-hybridized carbons (Fsp3) is 0.500. The van der Waals surface area contributed by atoms with E-state index in [9.17, 15) is 0 Å². The molecule has 2 rings (SSSR count). The van der Waals surface area contributed by atoms with Crippen LogP contribution in [-0.2, 0) is 11.3 Å². The van der Waals surface area contributed by atoms with E-state index in [1.54, 1.807) is 11.8 Å². The number of hydrogen-bond acceptors (Lipinski definition) is 7. The van der Waals surface area contributed by atoms with Crippen molar-refractivity contribution in [1.29, 1.82) is 0 Å². The lowest BCUT2D eigenvalue weighted by Crippen LogP contribution is -2.04. The standard InChI is InChI=1S/C8H9Br2N5OS2/c1-16-4-2-3-15-7(12-13-14-15)18-8-11-5(9)6(10)17-8/h2-4H2,1H3. The Hall–Kier alpha value is -0.0300. The summed E-state index contributed by atoms with van der Waals surface area (Å²) in [6.07, 6.45) is 0.875. The number of aromatic nitrogens is 5. The minimum Gasteiger partial charge on any atom is -0.385 e. The minimum atomic E-state index is 0.693. The first-order valence-corrected chi connectivity index (χ1v) is 8.17. The van der Waals surface area contributed by atoms with Gasteiger partial charge in [0.2, 0.25) is 5.16 Å². The topological polar surface area (TPSA) is 65.7 Å². The number of tetrazole rings is 1. The molecule has 0 aliphatic heterocycles. The summed E-state index contributed by atoms with van der Waals surface area (Å²) in [4.78, 5) is 4.34. The second kappa shape index (κ2) is 6.94. The Bertz CT molecular complexity index is 498. The van der Waals surface area contributed by atoms with Crippen LogP contribution < -0.4 is 0 Å². The van der Waals surface area contributed by atoms with Crippen molar-refractivity contribution in [2.24, 2.45) is 0 Å². The van der Waals surface area contributed by atoms with Crippen LogP contribution in [0.25, 0.3) is 0 Å². The predicted octanol–water partition coefficient (Wildman–Crippen LogP) is 2.84. The first kappa shape index (κ1) is 14.4. The van der Waals surface area contributed by atoms with E-state index in [1.165, 1.54) is 23.1 Å².